The monoisotopic (exact) mass is 708 g/mol. The Bertz CT molecular complexity index is 3180. The number of furan rings is 1. The number of rotatable bonds is 3. The number of hydrogen-bond donors (Lipinski definition) is 0. The van der Waals surface area contributed by atoms with Crippen LogP contribution in [0.1, 0.15) is 44.5 Å². The van der Waals surface area contributed by atoms with Gasteiger partial charge in [0.1, 0.15) is 11.2 Å². The van der Waals surface area contributed by atoms with Crippen LogP contribution in [0.3, 0.4) is 0 Å². The summed E-state index contributed by atoms with van der Waals surface area (Å²) in [4.78, 5) is 0. The average Bonchev–Trinajstić information content (AvgIpc) is 3.61. The first-order valence-corrected chi connectivity index (χ1v) is 19.5. The van der Waals surface area contributed by atoms with E-state index in [9.17, 15) is 0 Å². The lowest BCUT2D eigenvalue weighted by Gasteiger charge is -2.27. The average molecular weight is 709 g/mol. The molecule has 55 heavy (non-hydrogen) atoms. The van der Waals surface area contributed by atoms with Crippen molar-refractivity contribution in [2.75, 3.05) is 0 Å². The largest absolute Gasteiger partial charge is 0.456 e. The van der Waals surface area contributed by atoms with E-state index in [0.29, 0.717) is 0 Å². The number of hydrogen-bond acceptors (Lipinski definition) is 1. The quantitative estimate of drug-likeness (QED) is 0.132. The maximum atomic E-state index is 6.29. The molecule has 0 N–H and O–H groups in total. The molecule has 0 bridgehead atoms. The molecule has 0 aliphatic carbocycles. The van der Waals surface area contributed by atoms with E-state index in [1.54, 1.807) is 0 Å². The summed E-state index contributed by atoms with van der Waals surface area (Å²) >= 11 is 0. The molecule has 1 nitrogen and oxygen atoms in total. The maximum absolute atomic E-state index is 6.29. The van der Waals surface area contributed by atoms with E-state index >= 15 is 0 Å². The molecule has 0 unspecified atom stereocenters. The van der Waals surface area contributed by atoms with E-state index in [4.69, 9.17) is 4.42 Å². The molecule has 0 aliphatic rings. The molecule has 0 saturated heterocycles. The van der Waals surface area contributed by atoms with E-state index < -0.39 is 0 Å². The van der Waals surface area contributed by atoms with Crippen LogP contribution in [0.15, 0.2) is 126 Å². The molecule has 1 heteroatoms. The second-order valence-electron chi connectivity index (χ2n) is 15.8. The lowest BCUT2D eigenvalue weighted by Crippen LogP contribution is -2.04. The number of aryl methyl sites for hydroxylation is 4. The summed E-state index contributed by atoms with van der Waals surface area (Å²) < 4.78 is 6.29. The lowest BCUT2D eigenvalue weighted by atomic mass is 9.76. The van der Waals surface area contributed by atoms with Crippen LogP contribution >= 0.6 is 0 Å². The van der Waals surface area contributed by atoms with Gasteiger partial charge in [-0.2, -0.15) is 0 Å². The zero-order valence-electron chi connectivity index (χ0n) is 33.0. The third-order valence-electron chi connectivity index (χ3n) is 13.3. The Morgan fingerprint density at radius 1 is 0.309 bits per heavy atom. The van der Waals surface area contributed by atoms with Gasteiger partial charge in [0.25, 0.3) is 0 Å². The van der Waals surface area contributed by atoms with Gasteiger partial charge in [0.2, 0.25) is 0 Å². The van der Waals surface area contributed by atoms with E-state index in [-0.39, 0.29) is 0 Å². The summed E-state index contributed by atoms with van der Waals surface area (Å²) in [7, 11) is 0. The minimum absolute atomic E-state index is 0.922. The van der Waals surface area contributed by atoms with Crippen molar-refractivity contribution in [3.8, 4) is 33.4 Å². The van der Waals surface area contributed by atoms with Crippen LogP contribution in [0.5, 0.6) is 0 Å². The molecule has 0 atom stereocenters. The van der Waals surface area contributed by atoms with Crippen molar-refractivity contribution in [3.05, 3.63) is 166 Å². The minimum atomic E-state index is 0.922. The molecular weight excluding hydrogens is 665 g/mol. The molecule has 1 heterocycles. The van der Waals surface area contributed by atoms with Crippen molar-refractivity contribution in [1.29, 1.82) is 0 Å². The third kappa shape index (κ3) is 4.66. The lowest BCUT2D eigenvalue weighted by molar-refractivity contribution is 0.669. The van der Waals surface area contributed by atoms with Crippen molar-refractivity contribution >= 4 is 65.0 Å². The summed E-state index contributed by atoms with van der Waals surface area (Å²) in [5.74, 6) is 0. The van der Waals surface area contributed by atoms with Gasteiger partial charge in [-0.25, -0.2) is 0 Å². The Labute approximate surface area is 322 Å². The highest BCUT2D eigenvalue weighted by atomic mass is 16.3. The Kier molecular flexibility index (Phi) is 7.39. The number of fused-ring (bicyclic) bond motifs is 8. The number of para-hydroxylation sites is 1. The van der Waals surface area contributed by atoms with E-state index in [2.05, 4.69) is 171 Å². The van der Waals surface area contributed by atoms with E-state index in [1.165, 1.54) is 126 Å². The van der Waals surface area contributed by atoms with E-state index in [1.807, 2.05) is 6.07 Å². The highest BCUT2D eigenvalue weighted by Gasteiger charge is 2.27. The standard InChI is InChI=1S/C54H44O/c1-29-31(3)35(7)50-48(33(29)5)52(38-26-24-37(25-27-38)41-21-15-23-47-53(41)44-20-13-14-22-46(44)55-47)49-34(6)30(2)32(4)36(8)51(49)54(50)45-28-39-16-9-10-17-40(39)42-18-11-12-19-43(42)45/h9-28H,1-8H3. The molecule has 266 valence electrons. The minimum Gasteiger partial charge on any atom is -0.456 e. The van der Waals surface area contributed by atoms with Crippen molar-refractivity contribution in [3.63, 3.8) is 0 Å². The van der Waals surface area contributed by atoms with Crippen LogP contribution in [0.2, 0.25) is 0 Å². The van der Waals surface area contributed by atoms with Crippen LogP contribution in [-0.2, 0) is 0 Å². The summed E-state index contributed by atoms with van der Waals surface area (Å²) in [6.07, 6.45) is 0. The number of benzene rings is 9. The van der Waals surface area contributed by atoms with Crippen LogP contribution < -0.4 is 0 Å². The molecule has 0 fully saturated rings. The molecule has 0 radical (unpaired) electrons. The fraction of sp³-hybridized carbons (Fsp3) is 0.148. The molecule has 1 aromatic heterocycles. The van der Waals surface area contributed by atoms with Gasteiger partial charge in [-0.3, -0.25) is 0 Å². The molecular formula is C54H44O. The van der Waals surface area contributed by atoms with Gasteiger partial charge in [0.15, 0.2) is 0 Å². The Balaban J connectivity index is 1.37. The molecule has 0 amide bonds. The van der Waals surface area contributed by atoms with Crippen molar-refractivity contribution in [2.24, 2.45) is 0 Å². The third-order valence-corrected chi connectivity index (χ3v) is 13.3. The molecule has 0 spiro atoms. The smallest absolute Gasteiger partial charge is 0.136 e. The second-order valence-corrected chi connectivity index (χ2v) is 15.8. The van der Waals surface area contributed by atoms with Gasteiger partial charge in [-0.1, -0.05) is 103 Å². The molecule has 10 rings (SSSR count). The first kappa shape index (κ1) is 33.4. The Hall–Kier alpha value is -6.18. The van der Waals surface area contributed by atoms with Crippen LogP contribution in [0, 0.1) is 55.4 Å². The van der Waals surface area contributed by atoms with Crippen molar-refractivity contribution < 1.29 is 4.42 Å². The predicted octanol–water partition coefficient (Wildman–Crippen LogP) is 15.7. The van der Waals surface area contributed by atoms with Gasteiger partial charge in [0, 0.05) is 10.8 Å². The second kappa shape index (κ2) is 12.2. The Morgan fingerprint density at radius 3 is 1.40 bits per heavy atom. The van der Waals surface area contributed by atoms with Crippen molar-refractivity contribution in [1.82, 2.24) is 0 Å². The summed E-state index contributed by atoms with van der Waals surface area (Å²) in [5.41, 5.74) is 20.4. The molecule has 0 aliphatic heterocycles. The molecule has 9 aromatic carbocycles. The topological polar surface area (TPSA) is 13.1 Å². The summed E-state index contributed by atoms with van der Waals surface area (Å²) in [6.45, 7) is 18.7. The van der Waals surface area contributed by atoms with E-state index in [0.717, 1.165) is 16.6 Å². The zero-order valence-corrected chi connectivity index (χ0v) is 33.0. The predicted molar refractivity (Wildman–Crippen MR) is 238 cm³/mol. The SMILES string of the molecule is Cc1c(C)c(C)c2c(-c3cc4ccccc4c4ccccc34)c3c(C)c(C)c(C)c(C)c3c(-c3ccc(-c4cccc5oc6ccccc6c45)cc3)c2c1C. The van der Waals surface area contributed by atoms with Crippen molar-refractivity contribution in [2.45, 2.75) is 55.4 Å². The highest BCUT2D eigenvalue weighted by molar-refractivity contribution is 6.28. The summed E-state index contributed by atoms with van der Waals surface area (Å²) in [6, 6.07) is 44.5. The fourth-order valence-corrected chi connectivity index (χ4v) is 9.78. The van der Waals surface area contributed by atoms with Gasteiger partial charge >= 0.3 is 0 Å². The first-order chi connectivity index (χ1) is 26.7. The zero-order chi connectivity index (χ0) is 37.9. The van der Waals surface area contributed by atoms with Crippen LogP contribution in [0.25, 0.3) is 98.4 Å². The first-order valence-electron chi connectivity index (χ1n) is 19.5. The maximum Gasteiger partial charge on any atom is 0.136 e. The highest BCUT2D eigenvalue weighted by Crippen LogP contribution is 2.52. The normalized spacial score (nSPS) is 12.0. The van der Waals surface area contributed by atoms with Gasteiger partial charge < -0.3 is 4.42 Å². The molecule has 10 aromatic rings. The van der Waals surface area contributed by atoms with Crippen LogP contribution in [-0.4, -0.2) is 0 Å². The fourth-order valence-electron chi connectivity index (χ4n) is 9.78. The van der Waals surface area contributed by atoms with Gasteiger partial charge in [-0.15, -0.1) is 0 Å². The summed E-state index contributed by atoms with van der Waals surface area (Å²) in [5, 5.41) is 13.0. The van der Waals surface area contributed by atoms with Gasteiger partial charge in [-0.05, 0) is 195 Å². The Morgan fingerprint density at radius 2 is 0.782 bits per heavy atom. The molecule has 0 saturated carbocycles. The van der Waals surface area contributed by atoms with Gasteiger partial charge in [0.05, 0.1) is 0 Å². The van der Waals surface area contributed by atoms with Crippen LogP contribution in [0.4, 0.5) is 0 Å².